The highest BCUT2D eigenvalue weighted by Gasteiger charge is 2.44. The number of hydrogen-bond donors (Lipinski definition) is 0. The van der Waals surface area contributed by atoms with Crippen LogP contribution in [-0.2, 0) is 4.74 Å². The normalized spacial score (nSPS) is 39.4. The highest BCUT2D eigenvalue weighted by molar-refractivity contribution is 5.06. The van der Waals surface area contributed by atoms with Crippen molar-refractivity contribution in [1.29, 1.82) is 5.26 Å². The first-order valence-corrected chi connectivity index (χ1v) is 12.6. The number of rotatable bonds is 8. The van der Waals surface area contributed by atoms with Crippen molar-refractivity contribution in [3.8, 4) is 6.07 Å². The van der Waals surface area contributed by atoms with Gasteiger partial charge in [-0.3, -0.25) is 0 Å². The van der Waals surface area contributed by atoms with Crippen molar-refractivity contribution in [2.24, 2.45) is 29.1 Å². The van der Waals surface area contributed by atoms with Crippen LogP contribution in [0.2, 0.25) is 0 Å². The summed E-state index contributed by atoms with van der Waals surface area (Å²) in [5.74, 6) is 3.53. The molecule has 0 atom stereocenters. The topological polar surface area (TPSA) is 33.0 Å². The Morgan fingerprint density at radius 2 is 1.46 bits per heavy atom. The van der Waals surface area contributed by atoms with Crippen LogP contribution in [0, 0.1) is 40.4 Å². The molecule has 0 spiro atoms. The van der Waals surface area contributed by atoms with Crippen LogP contribution in [0.5, 0.6) is 0 Å². The van der Waals surface area contributed by atoms with Crippen molar-refractivity contribution in [3.63, 3.8) is 0 Å². The second kappa shape index (κ2) is 11.0. The lowest BCUT2D eigenvalue weighted by molar-refractivity contribution is 0.0155. The SMILES string of the molecule is CCCCCCC1CCC(C2CCC(C#N)(C3CCC(OC)CC3)CC2)CC1. The van der Waals surface area contributed by atoms with E-state index in [0.717, 1.165) is 30.6 Å². The second-order valence-corrected chi connectivity index (χ2v) is 10.4. The minimum absolute atomic E-state index is 0.00824. The summed E-state index contributed by atoms with van der Waals surface area (Å²) >= 11 is 0. The third kappa shape index (κ3) is 5.53. The minimum Gasteiger partial charge on any atom is -0.381 e. The predicted octanol–water partition coefficient (Wildman–Crippen LogP) is 7.67. The van der Waals surface area contributed by atoms with E-state index < -0.39 is 0 Å². The van der Waals surface area contributed by atoms with Crippen LogP contribution in [0.15, 0.2) is 0 Å². The molecule has 0 radical (unpaired) electrons. The molecule has 160 valence electrons. The zero-order valence-electron chi connectivity index (χ0n) is 18.8. The van der Waals surface area contributed by atoms with Gasteiger partial charge in [-0.15, -0.1) is 0 Å². The van der Waals surface area contributed by atoms with Crippen LogP contribution in [0.4, 0.5) is 0 Å². The third-order valence-corrected chi connectivity index (χ3v) is 8.96. The molecule has 2 heteroatoms. The average molecular weight is 388 g/mol. The highest BCUT2D eigenvalue weighted by atomic mass is 16.5. The molecule has 3 saturated carbocycles. The van der Waals surface area contributed by atoms with E-state index in [1.165, 1.54) is 96.3 Å². The molecule has 0 aromatic rings. The summed E-state index contributed by atoms with van der Waals surface area (Å²) < 4.78 is 5.55. The van der Waals surface area contributed by atoms with Crippen LogP contribution >= 0.6 is 0 Å². The number of methoxy groups -OCH3 is 1. The standard InChI is InChI=1S/C26H45NO/c1-3-4-5-6-7-21-8-10-22(11-9-21)23-16-18-26(20-27,19-17-23)24-12-14-25(28-2)15-13-24/h21-25H,3-19H2,1-2H3. The van der Waals surface area contributed by atoms with Gasteiger partial charge in [0.1, 0.15) is 0 Å². The molecule has 3 fully saturated rings. The van der Waals surface area contributed by atoms with E-state index in [1.54, 1.807) is 0 Å². The van der Waals surface area contributed by atoms with E-state index in [2.05, 4.69) is 13.0 Å². The Morgan fingerprint density at radius 3 is 2.04 bits per heavy atom. The molecule has 0 aliphatic heterocycles. The van der Waals surface area contributed by atoms with E-state index in [1.807, 2.05) is 7.11 Å². The first-order chi connectivity index (χ1) is 13.7. The lowest BCUT2D eigenvalue weighted by atomic mass is 9.58. The Kier molecular flexibility index (Phi) is 8.71. The molecule has 0 N–H and O–H groups in total. The molecule has 2 nitrogen and oxygen atoms in total. The van der Waals surface area contributed by atoms with Gasteiger partial charge in [-0.25, -0.2) is 0 Å². The van der Waals surface area contributed by atoms with Crippen molar-refractivity contribution < 1.29 is 4.74 Å². The van der Waals surface area contributed by atoms with Gasteiger partial charge in [-0.1, -0.05) is 51.9 Å². The van der Waals surface area contributed by atoms with E-state index in [-0.39, 0.29) is 5.41 Å². The lowest BCUT2D eigenvalue weighted by Gasteiger charge is -2.45. The van der Waals surface area contributed by atoms with Gasteiger partial charge in [0, 0.05) is 7.11 Å². The predicted molar refractivity (Wildman–Crippen MR) is 117 cm³/mol. The van der Waals surface area contributed by atoms with E-state index >= 15 is 0 Å². The maximum Gasteiger partial charge on any atom is 0.0692 e. The Morgan fingerprint density at radius 1 is 0.821 bits per heavy atom. The van der Waals surface area contributed by atoms with Gasteiger partial charge in [0.05, 0.1) is 17.6 Å². The third-order valence-electron chi connectivity index (χ3n) is 8.96. The Labute approximate surface area is 174 Å². The molecule has 0 saturated heterocycles. The zero-order valence-corrected chi connectivity index (χ0v) is 18.8. The van der Waals surface area contributed by atoms with Gasteiger partial charge in [0.15, 0.2) is 0 Å². The van der Waals surface area contributed by atoms with Crippen molar-refractivity contribution in [1.82, 2.24) is 0 Å². The van der Waals surface area contributed by atoms with Gasteiger partial charge < -0.3 is 4.74 Å². The number of nitriles is 1. The van der Waals surface area contributed by atoms with Crippen LogP contribution in [0.3, 0.4) is 0 Å². The molecule has 0 aromatic carbocycles. The summed E-state index contributed by atoms with van der Waals surface area (Å²) in [6.07, 6.45) is 23.3. The molecule has 3 aliphatic rings. The molecule has 3 aliphatic carbocycles. The zero-order chi connectivity index (χ0) is 19.8. The molecule has 0 unspecified atom stereocenters. The Balaban J connectivity index is 1.41. The number of nitrogens with zero attached hydrogens (tertiary/aromatic N) is 1. The first-order valence-electron chi connectivity index (χ1n) is 12.6. The number of unbranched alkanes of at least 4 members (excludes halogenated alkanes) is 3. The fourth-order valence-electron chi connectivity index (χ4n) is 6.90. The summed E-state index contributed by atoms with van der Waals surface area (Å²) in [4.78, 5) is 0. The van der Waals surface area contributed by atoms with Crippen LogP contribution in [0.1, 0.15) is 116 Å². The van der Waals surface area contributed by atoms with Crippen molar-refractivity contribution in [2.75, 3.05) is 7.11 Å². The molecule has 0 heterocycles. The Hall–Kier alpha value is -0.550. The van der Waals surface area contributed by atoms with Crippen LogP contribution < -0.4 is 0 Å². The lowest BCUT2D eigenvalue weighted by Crippen LogP contribution is -2.38. The van der Waals surface area contributed by atoms with Gasteiger partial charge in [0.2, 0.25) is 0 Å². The van der Waals surface area contributed by atoms with Crippen molar-refractivity contribution >= 4 is 0 Å². The maximum absolute atomic E-state index is 10.1. The number of ether oxygens (including phenoxy) is 1. The number of hydrogen-bond acceptors (Lipinski definition) is 2. The molecule has 0 bridgehead atoms. The molecule has 28 heavy (non-hydrogen) atoms. The molecule has 0 aromatic heterocycles. The quantitative estimate of drug-likeness (QED) is 0.400. The summed E-state index contributed by atoms with van der Waals surface area (Å²) in [6.45, 7) is 2.31. The molecule has 0 amide bonds. The van der Waals surface area contributed by atoms with Gasteiger partial charge in [-0.2, -0.15) is 5.26 Å². The summed E-state index contributed by atoms with van der Waals surface area (Å²) in [7, 11) is 1.84. The highest BCUT2D eigenvalue weighted by Crippen LogP contribution is 2.52. The summed E-state index contributed by atoms with van der Waals surface area (Å²) in [5.41, 5.74) is -0.00824. The van der Waals surface area contributed by atoms with E-state index in [0.29, 0.717) is 12.0 Å². The Bertz CT molecular complexity index is 471. The molecule has 3 rings (SSSR count). The first kappa shape index (κ1) is 22.1. The van der Waals surface area contributed by atoms with E-state index in [4.69, 9.17) is 4.74 Å². The molecular weight excluding hydrogens is 342 g/mol. The fourth-order valence-corrected chi connectivity index (χ4v) is 6.90. The van der Waals surface area contributed by atoms with Crippen LogP contribution in [0.25, 0.3) is 0 Å². The summed E-state index contributed by atoms with van der Waals surface area (Å²) in [5, 5.41) is 10.1. The van der Waals surface area contributed by atoms with Crippen molar-refractivity contribution in [3.05, 3.63) is 0 Å². The van der Waals surface area contributed by atoms with Gasteiger partial charge >= 0.3 is 0 Å². The maximum atomic E-state index is 10.1. The second-order valence-electron chi connectivity index (χ2n) is 10.4. The largest absolute Gasteiger partial charge is 0.381 e. The molecular formula is C26H45NO. The van der Waals surface area contributed by atoms with Gasteiger partial charge in [0.25, 0.3) is 0 Å². The van der Waals surface area contributed by atoms with Crippen molar-refractivity contribution in [2.45, 2.75) is 122 Å². The van der Waals surface area contributed by atoms with Gasteiger partial charge in [-0.05, 0) is 87.9 Å². The fraction of sp³-hybridized carbons (Fsp3) is 0.962. The van der Waals surface area contributed by atoms with Crippen LogP contribution in [-0.4, -0.2) is 13.2 Å². The minimum atomic E-state index is -0.00824. The monoisotopic (exact) mass is 387 g/mol. The summed E-state index contributed by atoms with van der Waals surface area (Å²) in [6, 6.07) is 2.84. The average Bonchev–Trinajstić information content (AvgIpc) is 2.77. The van der Waals surface area contributed by atoms with E-state index in [9.17, 15) is 5.26 Å². The smallest absolute Gasteiger partial charge is 0.0692 e.